The van der Waals surface area contributed by atoms with E-state index in [1.165, 1.54) is 12.2 Å². The first kappa shape index (κ1) is 9.52. The smallest absolute Gasteiger partial charge is 0.138 e. The zero-order valence-corrected chi connectivity index (χ0v) is 8.40. The Kier molecular flexibility index (Phi) is 4.08. The van der Waals surface area contributed by atoms with Crippen LogP contribution in [0.25, 0.3) is 0 Å². The summed E-state index contributed by atoms with van der Waals surface area (Å²) in [7, 11) is 0. The summed E-state index contributed by atoms with van der Waals surface area (Å²) in [5.74, 6) is 3.08. The summed E-state index contributed by atoms with van der Waals surface area (Å²) < 4.78 is 0. The van der Waals surface area contributed by atoms with Gasteiger partial charge in [0.05, 0.1) is 5.75 Å². The number of hydrogen-bond donors (Lipinski definition) is 0. The predicted molar refractivity (Wildman–Crippen MR) is 53.2 cm³/mol. The van der Waals surface area contributed by atoms with E-state index in [9.17, 15) is 0 Å². The van der Waals surface area contributed by atoms with Crippen molar-refractivity contribution in [2.45, 2.75) is 26.0 Å². The summed E-state index contributed by atoms with van der Waals surface area (Å²) in [5, 5.41) is 0. The molecule has 1 rings (SSSR count). The monoisotopic (exact) mass is 182 g/mol. The highest BCUT2D eigenvalue weighted by atomic mass is 32.2. The third-order valence-corrected chi connectivity index (χ3v) is 2.58. The van der Waals surface area contributed by atoms with E-state index in [1.807, 2.05) is 30.9 Å². The van der Waals surface area contributed by atoms with Crippen LogP contribution < -0.4 is 0 Å². The zero-order chi connectivity index (χ0) is 8.81. The Morgan fingerprint density at radius 3 is 3.00 bits per heavy atom. The standard InChI is InChI=1S/C9H14N2S/c1-3-6-12-7-9-10-5-4-8(2)11-9/h4-5H,3,6-7H2,1-2H3. The van der Waals surface area contributed by atoms with Crippen LogP contribution in [0.1, 0.15) is 24.9 Å². The molecule has 1 heterocycles. The summed E-state index contributed by atoms with van der Waals surface area (Å²) in [4.78, 5) is 8.49. The lowest BCUT2D eigenvalue weighted by molar-refractivity contribution is 0.992. The van der Waals surface area contributed by atoms with E-state index in [1.54, 1.807) is 0 Å². The molecule has 3 heteroatoms. The van der Waals surface area contributed by atoms with Crippen LogP contribution in [0.5, 0.6) is 0 Å². The van der Waals surface area contributed by atoms with Crippen LogP contribution in [0.3, 0.4) is 0 Å². The number of aryl methyl sites for hydroxylation is 1. The highest BCUT2D eigenvalue weighted by Gasteiger charge is 1.95. The van der Waals surface area contributed by atoms with Crippen molar-refractivity contribution in [3.63, 3.8) is 0 Å². The first-order chi connectivity index (χ1) is 5.83. The second kappa shape index (κ2) is 5.14. The molecule has 0 aromatic carbocycles. The van der Waals surface area contributed by atoms with Gasteiger partial charge in [-0.05, 0) is 25.2 Å². The van der Waals surface area contributed by atoms with Gasteiger partial charge in [0.15, 0.2) is 0 Å². The van der Waals surface area contributed by atoms with Crippen LogP contribution in [-0.2, 0) is 5.75 Å². The van der Waals surface area contributed by atoms with Gasteiger partial charge in [-0.15, -0.1) is 0 Å². The fourth-order valence-electron chi connectivity index (χ4n) is 0.878. The summed E-state index contributed by atoms with van der Waals surface area (Å²) in [6.07, 6.45) is 3.04. The molecular formula is C9H14N2S. The Labute approximate surface area is 77.8 Å². The molecule has 0 bridgehead atoms. The zero-order valence-electron chi connectivity index (χ0n) is 7.58. The van der Waals surface area contributed by atoms with Crippen LogP contribution in [0.4, 0.5) is 0 Å². The molecule has 0 aliphatic heterocycles. The van der Waals surface area contributed by atoms with Gasteiger partial charge in [-0.3, -0.25) is 0 Å². The molecule has 1 aromatic heterocycles. The van der Waals surface area contributed by atoms with E-state index in [4.69, 9.17) is 0 Å². The lowest BCUT2D eigenvalue weighted by Crippen LogP contribution is -1.93. The second-order valence-electron chi connectivity index (χ2n) is 2.67. The van der Waals surface area contributed by atoms with Gasteiger partial charge in [0.2, 0.25) is 0 Å². The molecule has 1 aromatic rings. The number of hydrogen-bond acceptors (Lipinski definition) is 3. The Morgan fingerprint density at radius 2 is 2.33 bits per heavy atom. The predicted octanol–water partition coefficient (Wildman–Crippen LogP) is 2.43. The first-order valence-electron chi connectivity index (χ1n) is 4.19. The SMILES string of the molecule is CCCSCc1nccc(C)n1. The van der Waals surface area contributed by atoms with Crippen molar-refractivity contribution in [3.05, 3.63) is 23.8 Å². The quantitative estimate of drug-likeness (QED) is 0.669. The topological polar surface area (TPSA) is 25.8 Å². The van der Waals surface area contributed by atoms with E-state index < -0.39 is 0 Å². The lowest BCUT2D eigenvalue weighted by atomic mass is 10.4. The summed E-state index contributed by atoms with van der Waals surface area (Å²) in [6.45, 7) is 4.18. The van der Waals surface area contributed by atoms with Gasteiger partial charge in [0.25, 0.3) is 0 Å². The normalized spacial score (nSPS) is 10.2. The number of thioether (sulfide) groups is 1. The Balaban J connectivity index is 2.41. The number of rotatable bonds is 4. The minimum Gasteiger partial charge on any atom is -0.240 e. The minimum atomic E-state index is 0.940. The van der Waals surface area contributed by atoms with Crippen LogP contribution in [-0.4, -0.2) is 15.7 Å². The molecule has 0 atom stereocenters. The maximum atomic E-state index is 4.31. The van der Waals surface area contributed by atoms with Crippen molar-refractivity contribution in [1.29, 1.82) is 0 Å². The van der Waals surface area contributed by atoms with Gasteiger partial charge in [-0.25, -0.2) is 9.97 Å². The largest absolute Gasteiger partial charge is 0.240 e. The van der Waals surface area contributed by atoms with Crippen molar-refractivity contribution in [2.24, 2.45) is 0 Å². The molecular weight excluding hydrogens is 168 g/mol. The van der Waals surface area contributed by atoms with Crippen molar-refractivity contribution >= 4 is 11.8 Å². The van der Waals surface area contributed by atoms with Crippen molar-refractivity contribution in [2.75, 3.05) is 5.75 Å². The highest BCUT2D eigenvalue weighted by molar-refractivity contribution is 7.98. The molecule has 0 aliphatic rings. The number of aromatic nitrogens is 2. The molecule has 0 spiro atoms. The Hall–Kier alpha value is -0.570. The van der Waals surface area contributed by atoms with Crippen molar-refractivity contribution in [3.8, 4) is 0 Å². The molecule has 0 radical (unpaired) electrons. The molecule has 2 nitrogen and oxygen atoms in total. The molecule has 0 unspecified atom stereocenters. The van der Waals surface area contributed by atoms with E-state index in [0.29, 0.717) is 0 Å². The third kappa shape index (κ3) is 3.22. The summed E-state index contributed by atoms with van der Waals surface area (Å²) >= 11 is 1.89. The molecule has 0 amide bonds. The van der Waals surface area contributed by atoms with Gasteiger partial charge in [-0.2, -0.15) is 11.8 Å². The van der Waals surface area contributed by atoms with Gasteiger partial charge in [0.1, 0.15) is 5.82 Å². The Morgan fingerprint density at radius 1 is 1.50 bits per heavy atom. The van der Waals surface area contributed by atoms with Gasteiger partial charge in [0, 0.05) is 11.9 Å². The van der Waals surface area contributed by atoms with Crippen LogP contribution in [0.15, 0.2) is 12.3 Å². The maximum absolute atomic E-state index is 4.31. The highest BCUT2D eigenvalue weighted by Crippen LogP contribution is 2.08. The van der Waals surface area contributed by atoms with E-state index in [2.05, 4.69) is 16.9 Å². The van der Waals surface area contributed by atoms with E-state index >= 15 is 0 Å². The third-order valence-electron chi connectivity index (χ3n) is 1.42. The Bertz CT molecular complexity index is 238. The van der Waals surface area contributed by atoms with E-state index in [0.717, 1.165) is 17.3 Å². The molecule has 0 aliphatic carbocycles. The minimum absolute atomic E-state index is 0.940. The summed E-state index contributed by atoms with van der Waals surface area (Å²) in [5.41, 5.74) is 1.05. The fraction of sp³-hybridized carbons (Fsp3) is 0.556. The fourth-order valence-corrected chi connectivity index (χ4v) is 1.63. The molecule has 12 heavy (non-hydrogen) atoms. The molecule has 0 saturated heterocycles. The van der Waals surface area contributed by atoms with Gasteiger partial charge in [-0.1, -0.05) is 6.92 Å². The molecule has 0 fully saturated rings. The van der Waals surface area contributed by atoms with Gasteiger partial charge < -0.3 is 0 Å². The summed E-state index contributed by atoms with van der Waals surface area (Å²) in [6, 6.07) is 1.92. The average Bonchev–Trinajstić information content (AvgIpc) is 2.05. The van der Waals surface area contributed by atoms with E-state index in [-0.39, 0.29) is 0 Å². The van der Waals surface area contributed by atoms with Crippen LogP contribution >= 0.6 is 11.8 Å². The molecule has 66 valence electrons. The first-order valence-corrected chi connectivity index (χ1v) is 5.34. The van der Waals surface area contributed by atoms with Gasteiger partial charge >= 0.3 is 0 Å². The molecule has 0 saturated carbocycles. The lowest BCUT2D eigenvalue weighted by Gasteiger charge is -1.98. The van der Waals surface area contributed by atoms with Crippen LogP contribution in [0, 0.1) is 6.92 Å². The maximum Gasteiger partial charge on any atom is 0.138 e. The number of nitrogens with zero attached hydrogens (tertiary/aromatic N) is 2. The molecule has 0 N–H and O–H groups in total. The van der Waals surface area contributed by atoms with Crippen molar-refractivity contribution in [1.82, 2.24) is 9.97 Å². The second-order valence-corrected chi connectivity index (χ2v) is 3.77. The van der Waals surface area contributed by atoms with Crippen LogP contribution in [0.2, 0.25) is 0 Å². The van der Waals surface area contributed by atoms with Crippen molar-refractivity contribution < 1.29 is 0 Å². The average molecular weight is 182 g/mol.